The van der Waals surface area contributed by atoms with Crippen LogP contribution in [0.1, 0.15) is 29.2 Å². The van der Waals surface area contributed by atoms with E-state index in [0.29, 0.717) is 42.2 Å². The Labute approximate surface area is 206 Å². The van der Waals surface area contributed by atoms with Gasteiger partial charge in [-0.2, -0.15) is 5.26 Å². The van der Waals surface area contributed by atoms with Crippen molar-refractivity contribution < 1.29 is 13.5 Å². The third kappa shape index (κ3) is 5.18. The summed E-state index contributed by atoms with van der Waals surface area (Å²) in [6.07, 6.45) is 6.85. The first kappa shape index (κ1) is 23.4. The molecule has 0 spiro atoms. The van der Waals surface area contributed by atoms with Crippen molar-refractivity contribution in [3.63, 3.8) is 0 Å². The van der Waals surface area contributed by atoms with Gasteiger partial charge in [-0.15, -0.1) is 0 Å². The van der Waals surface area contributed by atoms with E-state index in [9.17, 15) is 8.78 Å². The third-order valence-electron chi connectivity index (χ3n) is 6.59. The van der Waals surface area contributed by atoms with Crippen molar-refractivity contribution in [3.05, 3.63) is 58.9 Å². The largest absolute Gasteiger partial charge is 0.490 e. The van der Waals surface area contributed by atoms with Crippen LogP contribution in [-0.4, -0.2) is 53.8 Å². The zero-order chi connectivity index (χ0) is 24.4. The lowest BCUT2D eigenvalue weighted by Gasteiger charge is -2.31. The van der Waals surface area contributed by atoms with Gasteiger partial charge in [0.1, 0.15) is 22.6 Å². The molecule has 2 fully saturated rings. The molecule has 2 unspecified atom stereocenters. The van der Waals surface area contributed by atoms with E-state index in [0.717, 1.165) is 43.2 Å². The molecule has 0 bridgehead atoms. The zero-order valence-electron chi connectivity index (χ0n) is 19.0. The van der Waals surface area contributed by atoms with Crippen molar-refractivity contribution in [3.8, 4) is 11.8 Å². The quantitative estimate of drug-likeness (QED) is 0.553. The summed E-state index contributed by atoms with van der Waals surface area (Å²) in [6, 6.07) is 5.23. The first-order valence-corrected chi connectivity index (χ1v) is 12.3. The SMILES string of the molecule is N#Cc1cnc(N2CCC(COc3cnc(N4CC(N)C(c5cc(F)ccc5F)C4)nc3)CC2)s1. The van der Waals surface area contributed by atoms with Crippen molar-refractivity contribution in [2.24, 2.45) is 11.7 Å². The van der Waals surface area contributed by atoms with Crippen LogP contribution in [0.15, 0.2) is 36.8 Å². The Hall–Kier alpha value is -3.36. The molecule has 2 atom stereocenters. The minimum absolute atomic E-state index is 0.284. The minimum atomic E-state index is -0.480. The molecule has 2 saturated heterocycles. The molecular formula is C24H25F2N7OS. The highest BCUT2D eigenvalue weighted by atomic mass is 32.1. The second-order valence-electron chi connectivity index (χ2n) is 8.92. The molecule has 35 heavy (non-hydrogen) atoms. The second kappa shape index (κ2) is 10.1. The van der Waals surface area contributed by atoms with Crippen molar-refractivity contribution in [1.82, 2.24) is 15.0 Å². The van der Waals surface area contributed by atoms with E-state index in [4.69, 9.17) is 15.7 Å². The number of halogens is 2. The number of nitrogens with two attached hydrogens (primary N) is 1. The topological polar surface area (TPSA) is 104 Å². The van der Waals surface area contributed by atoms with Gasteiger partial charge in [0.15, 0.2) is 10.9 Å². The molecule has 1 aromatic carbocycles. The standard InChI is InChI=1S/C24H25F2N7OS/c25-16-1-2-21(26)19(7-16)20-12-33(13-22(20)28)23-29-9-17(10-30-23)34-14-15-3-5-32(6-4-15)24-31-11-18(8-27)35-24/h1-2,7,9-11,15,20,22H,3-6,12-14,28H2. The summed E-state index contributed by atoms with van der Waals surface area (Å²) in [6.45, 7) is 3.20. The van der Waals surface area contributed by atoms with Gasteiger partial charge in [-0.05, 0) is 42.5 Å². The molecule has 0 radical (unpaired) electrons. The number of benzene rings is 1. The second-order valence-corrected chi connectivity index (χ2v) is 9.93. The van der Waals surface area contributed by atoms with Crippen LogP contribution >= 0.6 is 11.3 Å². The van der Waals surface area contributed by atoms with Crippen molar-refractivity contribution >= 4 is 22.4 Å². The summed E-state index contributed by atoms with van der Waals surface area (Å²) >= 11 is 1.42. The van der Waals surface area contributed by atoms with Crippen LogP contribution in [0.25, 0.3) is 0 Å². The number of ether oxygens (including phenoxy) is 1. The first-order valence-electron chi connectivity index (χ1n) is 11.5. The van der Waals surface area contributed by atoms with Gasteiger partial charge in [0, 0.05) is 38.1 Å². The van der Waals surface area contributed by atoms with E-state index in [1.165, 1.54) is 17.4 Å². The van der Waals surface area contributed by atoms with Gasteiger partial charge in [0.05, 0.1) is 25.2 Å². The third-order valence-corrected chi connectivity index (χ3v) is 7.56. The van der Waals surface area contributed by atoms with Crippen LogP contribution in [0.5, 0.6) is 5.75 Å². The van der Waals surface area contributed by atoms with Gasteiger partial charge in [-0.3, -0.25) is 0 Å². The number of piperidine rings is 1. The van der Waals surface area contributed by atoms with E-state index in [1.54, 1.807) is 18.6 Å². The zero-order valence-corrected chi connectivity index (χ0v) is 19.8. The molecular weight excluding hydrogens is 472 g/mol. The van der Waals surface area contributed by atoms with Crippen molar-refractivity contribution in [2.45, 2.75) is 24.8 Å². The maximum Gasteiger partial charge on any atom is 0.225 e. The molecule has 11 heteroatoms. The number of rotatable bonds is 6. The van der Waals surface area contributed by atoms with E-state index < -0.39 is 11.6 Å². The molecule has 0 aliphatic carbocycles. The summed E-state index contributed by atoms with van der Waals surface area (Å²) in [5.41, 5.74) is 6.52. The van der Waals surface area contributed by atoms with Crippen LogP contribution in [0.4, 0.5) is 19.9 Å². The van der Waals surface area contributed by atoms with E-state index in [-0.39, 0.29) is 17.5 Å². The molecule has 2 aliphatic heterocycles. The maximum absolute atomic E-state index is 14.2. The number of thiazole rings is 1. The first-order chi connectivity index (χ1) is 17.0. The average molecular weight is 498 g/mol. The number of hydrogen-bond acceptors (Lipinski definition) is 9. The van der Waals surface area contributed by atoms with Crippen LogP contribution in [0.2, 0.25) is 0 Å². The Morgan fingerprint density at radius 2 is 1.86 bits per heavy atom. The Bertz CT molecular complexity index is 1210. The Morgan fingerprint density at radius 1 is 1.09 bits per heavy atom. The highest BCUT2D eigenvalue weighted by Gasteiger charge is 2.34. The highest BCUT2D eigenvalue weighted by Crippen LogP contribution is 2.31. The number of nitriles is 1. The van der Waals surface area contributed by atoms with Gasteiger partial charge in [-0.25, -0.2) is 23.7 Å². The Kier molecular flexibility index (Phi) is 6.74. The summed E-state index contributed by atoms with van der Waals surface area (Å²) in [5.74, 6) is 0.216. The number of hydrogen-bond donors (Lipinski definition) is 1. The maximum atomic E-state index is 14.2. The van der Waals surface area contributed by atoms with Gasteiger partial charge in [-0.1, -0.05) is 11.3 Å². The Balaban J connectivity index is 1.12. The number of aromatic nitrogens is 3. The monoisotopic (exact) mass is 497 g/mol. The molecule has 5 rings (SSSR count). The smallest absolute Gasteiger partial charge is 0.225 e. The minimum Gasteiger partial charge on any atom is -0.490 e. The summed E-state index contributed by atoms with van der Waals surface area (Å²) in [5, 5.41) is 9.88. The lowest BCUT2D eigenvalue weighted by Crippen LogP contribution is -2.35. The van der Waals surface area contributed by atoms with Crippen LogP contribution < -0.4 is 20.3 Å². The van der Waals surface area contributed by atoms with E-state index >= 15 is 0 Å². The van der Waals surface area contributed by atoms with Crippen molar-refractivity contribution in [2.75, 3.05) is 42.6 Å². The molecule has 182 valence electrons. The molecule has 2 aliphatic rings. The summed E-state index contributed by atoms with van der Waals surface area (Å²) in [7, 11) is 0. The molecule has 8 nitrogen and oxygen atoms in total. The van der Waals surface area contributed by atoms with Crippen molar-refractivity contribution in [1.29, 1.82) is 5.26 Å². The van der Waals surface area contributed by atoms with E-state index in [2.05, 4.69) is 25.9 Å². The van der Waals surface area contributed by atoms with Gasteiger partial charge >= 0.3 is 0 Å². The van der Waals surface area contributed by atoms with Crippen LogP contribution in [-0.2, 0) is 0 Å². The molecule has 3 aromatic rings. The summed E-state index contributed by atoms with van der Waals surface area (Å²) in [4.78, 5) is 17.9. The predicted molar refractivity (Wildman–Crippen MR) is 129 cm³/mol. The fourth-order valence-electron chi connectivity index (χ4n) is 4.64. The van der Waals surface area contributed by atoms with Gasteiger partial charge in [0.2, 0.25) is 5.95 Å². The van der Waals surface area contributed by atoms with Crippen LogP contribution in [0.3, 0.4) is 0 Å². The highest BCUT2D eigenvalue weighted by molar-refractivity contribution is 7.16. The molecule has 0 amide bonds. The molecule has 0 saturated carbocycles. The van der Waals surface area contributed by atoms with Gasteiger partial charge in [0.25, 0.3) is 0 Å². The number of anilines is 2. The normalized spacial score (nSPS) is 20.7. The lowest BCUT2D eigenvalue weighted by molar-refractivity contribution is 0.221. The van der Waals surface area contributed by atoms with Gasteiger partial charge < -0.3 is 20.3 Å². The van der Waals surface area contributed by atoms with Crippen LogP contribution in [0, 0.1) is 28.9 Å². The number of nitrogens with zero attached hydrogens (tertiary/aromatic N) is 6. The average Bonchev–Trinajstić information content (AvgIpc) is 3.52. The Morgan fingerprint density at radius 3 is 2.57 bits per heavy atom. The fourth-order valence-corrected chi connectivity index (χ4v) is 5.40. The fraction of sp³-hybridized carbons (Fsp3) is 0.417. The summed E-state index contributed by atoms with van der Waals surface area (Å²) < 4.78 is 33.8. The predicted octanol–water partition coefficient (Wildman–Crippen LogP) is 3.31. The molecule has 4 heterocycles. The molecule has 2 N–H and O–H groups in total. The lowest BCUT2D eigenvalue weighted by atomic mass is 9.94. The molecule has 2 aromatic heterocycles. The van der Waals surface area contributed by atoms with E-state index in [1.807, 2.05) is 4.90 Å².